The van der Waals surface area contributed by atoms with Crippen LogP contribution in [0.15, 0.2) is 18.2 Å². The molecule has 0 bridgehead atoms. The van der Waals surface area contributed by atoms with E-state index in [1.807, 2.05) is 0 Å². The van der Waals surface area contributed by atoms with Crippen LogP contribution >= 0.6 is 0 Å². The Bertz CT molecular complexity index is 432. The Balaban J connectivity index is 2.54. The summed E-state index contributed by atoms with van der Waals surface area (Å²) in [7, 11) is 1.65. The van der Waals surface area contributed by atoms with Crippen LogP contribution in [0.3, 0.4) is 0 Å². The predicted molar refractivity (Wildman–Crippen MR) is 56.1 cm³/mol. The zero-order chi connectivity index (χ0) is 11.9. The Morgan fingerprint density at radius 1 is 1.44 bits per heavy atom. The van der Waals surface area contributed by atoms with Gasteiger partial charge in [-0.2, -0.15) is 0 Å². The standard InChI is InChI=1S/C11H13NO4/c1-12-5-9(14)8-4-6(13)2-3-7(8)10(12)11(15)16/h2-4,9-10,13-14H,5H2,1H3,(H,15,16). The van der Waals surface area contributed by atoms with Gasteiger partial charge in [0.15, 0.2) is 0 Å². The average Bonchev–Trinajstić information content (AvgIpc) is 2.18. The van der Waals surface area contributed by atoms with Crippen LogP contribution in [0, 0.1) is 0 Å². The molecule has 0 aromatic heterocycles. The lowest BCUT2D eigenvalue weighted by Crippen LogP contribution is -2.39. The number of nitrogens with zero attached hydrogens (tertiary/aromatic N) is 1. The summed E-state index contributed by atoms with van der Waals surface area (Å²) < 4.78 is 0. The Morgan fingerprint density at radius 3 is 2.75 bits per heavy atom. The number of rotatable bonds is 1. The van der Waals surface area contributed by atoms with Crippen molar-refractivity contribution < 1.29 is 20.1 Å². The van der Waals surface area contributed by atoms with Crippen molar-refractivity contribution in [2.75, 3.05) is 13.6 Å². The number of β-amino-alcohol motifs (C(OH)–C–C–N with tert-alkyl or cyclic N) is 1. The fraction of sp³-hybridized carbons (Fsp3) is 0.364. The average molecular weight is 223 g/mol. The topological polar surface area (TPSA) is 81.0 Å². The molecule has 1 aliphatic heterocycles. The van der Waals surface area contributed by atoms with E-state index in [2.05, 4.69) is 0 Å². The molecule has 0 amide bonds. The minimum atomic E-state index is -0.957. The van der Waals surface area contributed by atoms with E-state index in [0.717, 1.165) is 0 Å². The molecule has 1 aromatic carbocycles. The number of phenolic OH excluding ortho intramolecular Hbond substituents is 1. The van der Waals surface area contributed by atoms with Crippen molar-refractivity contribution in [1.29, 1.82) is 0 Å². The van der Waals surface area contributed by atoms with Gasteiger partial charge in [-0.1, -0.05) is 6.07 Å². The van der Waals surface area contributed by atoms with Crippen molar-refractivity contribution >= 4 is 5.97 Å². The number of carboxylic acid groups (broad SMARTS) is 1. The molecule has 0 saturated carbocycles. The van der Waals surface area contributed by atoms with E-state index in [9.17, 15) is 15.0 Å². The quantitative estimate of drug-likeness (QED) is 0.645. The molecule has 0 saturated heterocycles. The van der Waals surface area contributed by atoms with Gasteiger partial charge in [0.25, 0.3) is 0 Å². The number of phenols is 1. The van der Waals surface area contributed by atoms with Crippen molar-refractivity contribution in [1.82, 2.24) is 4.90 Å². The first-order chi connectivity index (χ1) is 7.50. The van der Waals surface area contributed by atoms with Crippen LogP contribution in [0.25, 0.3) is 0 Å². The summed E-state index contributed by atoms with van der Waals surface area (Å²) in [4.78, 5) is 12.7. The second-order valence-electron chi connectivity index (χ2n) is 4.01. The van der Waals surface area contributed by atoms with Gasteiger partial charge in [-0.25, -0.2) is 0 Å². The first-order valence-corrected chi connectivity index (χ1v) is 4.94. The first-order valence-electron chi connectivity index (χ1n) is 4.94. The second-order valence-corrected chi connectivity index (χ2v) is 4.01. The maximum absolute atomic E-state index is 11.1. The highest BCUT2D eigenvalue weighted by Gasteiger charge is 2.34. The highest BCUT2D eigenvalue weighted by Crippen LogP contribution is 2.35. The van der Waals surface area contributed by atoms with Gasteiger partial charge >= 0.3 is 5.97 Å². The van der Waals surface area contributed by atoms with Gasteiger partial charge in [0, 0.05) is 6.54 Å². The predicted octanol–water partition coefficient (Wildman–Crippen LogP) is 0.497. The summed E-state index contributed by atoms with van der Waals surface area (Å²) in [6.07, 6.45) is -0.761. The van der Waals surface area contributed by atoms with E-state index in [1.165, 1.54) is 12.1 Å². The van der Waals surface area contributed by atoms with Crippen LogP contribution in [0.2, 0.25) is 0 Å². The molecular weight excluding hydrogens is 210 g/mol. The Kier molecular flexibility index (Phi) is 2.57. The van der Waals surface area contributed by atoms with Crippen LogP contribution in [0.4, 0.5) is 0 Å². The Hall–Kier alpha value is -1.59. The second kappa shape index (κ2) is 3.77. The van der Waals surface area contributed by atoms with E-state index in [4.69, 9.17) is 5.11 Å². The normalized spacial score (nSPS) is 25.1. The maximum Gasteiger partial charge on any atom is 0.325 e. The van der Waals surface area contributed by atoms with Crippen LogP contribution < -0.4 is 0 Å². The van der Waals surface area contributed by atoms with Gasteiger partial charge in [-0.3, -0.25) is 9.69 Å². The van der Waals surface area contributed by atoms with Gasteiger partial charge in [0.2, 0.25) is 0 Å². The third-order valence-corrected chi connectivity index (χ3v) is 2.86. The molecular formula is C11H13NO4. The minimum absolute atomic E-state index is 0.0338. The van der Waals surface area contributed by atoms with Crippen LogP contribution in [-0.2, 0) is 4.79 Å². The first kappa shape index (κ1) is 10.9. The summed E-state index contributed by atoms with van der Waals surface area (Å²) in [5, 5.41) is 28.3. The van der Waals surface area contributed by atoms with Crippen molar-refractivity contribution in [2.24, 2.45) is 0 Å². The molecule has 0 spiro atoms. The lowest BCUT2D eigenvalue weighted by molar-refractivity contribution is -0.144. The molecule has 0 aliphatic carbocycles. The van der Waals surface area contributed by atoms with Crippen LogP contribution in [0.1, 0.15) is 23.3 Å². The van der Waals surface area contributed by atoms with Crippen molar-refractivity contribution in [3.8, 4) is 5.75 Å². The van der Waals surface area contributed by atoms with Crippen molar-refractivity contribution in [3.63, 3.8) is 0 Å². The fourth-order valence-corrected chi connectivity index (χ4v) is 2.14. The number of aliphatic carboxylic acids is 1. The third kappa shape index (κ3) is 1.64. The molecule has 5 nitrogen and oxygen atoms in total. The number of aliphatic hydroxyl groups is 1. The van der Waals surface area contributed by atoms with Crippen LogP contribution in [-0.4, -0.2) is 39.8 Å². The highest BCUT2D eigenvalue weighted by atomic mass is 16.4. The highest BCUT2D eigenvalue weighted by molar-refractivity contribution is 5.76. The van der Waals surface area contributed by atoms with Gasteiger partial charge in [0.05, 0.1) is 6.10 Å². The van der Waals surface area contributed by atoms with E-state index in [-0.39, 0.29) is 12.3 Å². The van der Waals surface area contributed by atoms with E-state index in [0.29, 0.717) is 11.1 Å². The smallest absolute Gasteiger partial charge is 0.325 e. The third-order valence-electron chi connectivity index (χ3n) is 2.86. The van der Waals surface area contributed by atoms with Crippen molar-refractivity contribution in [2.45, 2.75) is 12.1 Å². The molecule has 0 fully saturated rings. The number of aliphatic hydroxyl groups excluding tert-OH is 1. The summed E-state index contributed by atoms with van der Waals surface area (Å²) in [5.41, 5.74) is 1.03. The SMILES string of the molecule is CN1CC(O)c2cc(O)ccc2C1C(=O)O. The molecule has 0 radical (unpaired) electrons. The number of carboxylic acids is 1. The number of aromatic hydroxyl groups is 1. The molecule has 3 N–H and O–H groups in total. The van der Waals surface area contributed by atoms with E-state index < -0.39 is 18.1 Å². The maximum atomic E-state index is 11.1. The monoisotopic (exact) mass is 223 g/mol. The lowest BCUT2D eigenvalue weighted by atomic mass is 9.91. The number of likely N-dealkylation sites (N-methyl/N-ethyl adjacent to an activating group) is 1. The minimum Gasteiger partial charge on any atom is -0.508 e. The number of hydrogen-bond donors (Lipinski definition) is 3. The van der Waals surface area contributed by atoms with E-state index in [1.54, 1.807) is 18.0 Å². The van der Waals surface area contributed by atoms with Crippen molar-refractivity contribution in [3.05, 3.63) is 29.3 Å². The molecule has 1 aliphatic rings. The number of benzene rings is 1. The molecule has 5 heteroatoms. The zero-order valence-corrected chi connectivity index (χ0v) is 8.79. The van der Waals surface area contributed by atoms with Gasteiger partial charge < -0.3 is 15.3 Å². The molecule has 86 valence electrons. The summed E-state index contributed by atoms with van der Waals surface area (Å²) in [6.45, 7) is 0.243. The molecule has 2 atom stereocenters. The summed E-state index contributed by atoms with van der Waals surface area (Å²) >= 11 is 0. The zero-order valence-electron chi connectivity index (χ0n) is 8.79. The van der Waals surface area contributed by atoms with Crippen LogP contribution in [0.5, 0.6) is 5.75 Å². The number of hydrogen-bond acceptors (Lipinski definition) is 4. The largest absolute Gasteiger partial charge is 0.508 e. The van der Waals surface area contributed by atoms with Gasteiger partial charge in [0.1, 0.15) is 11.8 Å². The molecule has 16 heavy (non-hydrogen) atoms. The van der Waals surface area contributed by atoms with Gasteiger partial charge in [-0.15, -0.1) is 0 Å². The molecule has 1 aromatic rings. The molecule has 1 heterocycles. The summed E-state index contributed by atoms with van der Waals surface area (Å²) in [6, 6.07) is 3.63. The molecule has 2 unspecified atom stereocenters. The fourth-order valence-electron chi connectivity index (χ4n) is 2.14. The number of fused-ring (bicyclic) bond motifs is 1. The Morgan fingerprint density at radius 2 is 2.12 bits per heavy atom. The van der Waals surface area contributed by atoms with E-state index >= 15 is 0 Å². The molecule has 2 rings (SSSR count). The lowest BCUT2D eigenvalue weighted by Gasteiger charge is -2.34. The number of carbonyl (C=O) groups is 1. The Labute approximate surface area is 92.6 Å². The summed E-state index contributed by atoms with van der Waals surface area (Å²) in [5.74, 6) is -0.923. The van der Waals surface area contributed by atoms with Gasteiger partial charge in [-0.05, 0) is 30.3 Å².